The highest BCUT2D eigenvalue weighted by Crippen LogP contribution is 2.37. The predicted molar refractivity (Wildman–Crippen MR) is 207 cm³/mol. The van der Waals surface area contributed by atoms with Crippen LogP contribution in [0, 0.1) is 13.8 Å². The van der Waals surface area contributed by atoms with E-state index in [0.717, 1.165) is 0 Å². The molecule has 9 aromatic rings. The molecule has 0 aliphatic rings. The van der Waals surface area contributed by atoms with Crippen molar-refractivity contribution in [1.82, 2.24) is 0 Å². The molecule has 0 aliphatic heterocycles. The zero-order valence-electron chi connectivity index (χ0n) is 25.7. The smallest absolute Gasteiger partial charge is 0.0361 e. The molecule has 0 fully saturated rings. The summed E-state index contributed by atoms with van der Waals surface area (Å²) in [6, 6.07) is 45.2. The third kappa shape index (κ3) is 4.82. The second-order valence-electron chi connectivity index (χ2n) is 12.4. The van der Waals surface area contributed by atoms with Crippen molar-refractivity contribution >= 4 is 109 Å². The molecule has 2 heterocycles. The molecule has 2 aromatic heterocycles. The van der Waals surface area contributed by atoms with Gasteiger partial charge < -0.3 is 0 Å². The van der Waals surface area contributed by atoms with Crippen molar-refractivity contribution in [2.45, 2.75) is 13.8 Å². The number of thiophene rings is 2. The fraction of sp³-hybridized carbons (Fsp3) is 0.0455. The minimum absolute atomic E-state index is 1.21. The van der Waals surface area contributed by atoms with Crippen LogP contribution in [0.5, 0.6) is 0 Å². The first-order chi connectivity index (χ1) is 22.5. The molecule has 0 aliphatic carbocycles. The molecule has 46 heavy (non-hydrogen) atoms. The number of benzene rings is 7. The van der Waals surface area contributed by atoms with Crippen LogP contribution in [-0.2, 0) is 0 Å². The molecule has 9 rings (SSSR count). The van der Waals surface area contributed by atoms with Gasteiger partial charge in [-0.25, -0.2) is 0 Å². The number of fused-ring (bicyclic) bond motifs is 9. The summed E-state index contributed by atoms with van der Waals surface area (Å²) >= 11 is 3.76. The van der Waals surface area contributed by atoms with Crippen molar-refractivity contribution in [3.05, 3.63) is 155 Å². The van der Waals surface area contributed by atoms with Gasteiger partial charge in [0.1, 0.15) is 0 Å². The highest BCUT2D eigenvalue weighted by atomic mass is 32.1. The van der Waals surface area contributed by atoms with Gasteiger partial charge in [0, 0.05) is 40.3 Å². The van der Waals surface area contributed by atoms with Crippen LogP contribution in [0.25, 0.3) is 86.2 Å². The Hall–Kier alpha value is -5.02. The monoisotopic (exact) mass is 622 g/mol. The third-order valence-corrected chi connectivity index (χ3v) is 11.4. The average Bonchev–Trinajstić information content (AvgIpc) is 3.62. The van der Waals surface area contributed by atoms with E-state index in [0.29, 0.717) is 0 Å². The highest BCUT2D eigenvalue weighted by molar-refractivity contribution is 7.26. The van der Waals surface area contributed by atoms with Crippen LogP contribution < -0.4 is 0 Å². The summed E-state index contributed by atoms with van der Waals surface area (Å²) in [6.07, 6.45) is 8.92. The van der Waals surface area contributed by atoms with Gasteiger partial charge in [0.05, 0.1) is 0 Å². The Morgan fingerprint density at radius 2 is 0.652 bits per heavy atom. The average molecular weight is 623 g/mol. The van der Waals surface area contributed by atoms with E-state index < -0.39 is 0 Å². The Labute approximate surface area is 276 Å². The zero-order valence-corrected chi connectivity index (χ0v) is 27.3. The fourth-order valence-corrected chi connectivity index (χ4v) is 9.21. The maximum Gasteiger partial charge on any atom is 0.0361 e. The molecule has 0 spiro atoms. The van der Waals surface area contributed by atoms with Crippen molar-refractivity contribution in [1.29, 1.82) is 0 Å². The zero-order chi connectivity index (χ0) is 30.8. The lowest BCUT2D eigenvalue weighted by Crippen LogP contribution is -1.81. The Morgan fingerprint density at radius 3 is 1.07 bits per heavy atom. The first-order valence-electron chi connectivity index (χ1n) is 15.7. The van der Waals surface area contributed by atoms with Crippen LogP contribution in [0.2, 0.25) is 0 Å². The summed E-state index contributed by atoms with van der Waals surface area (Å²) < 4.78 is 5.41. The first-order valence-corrected chi connectivity index (χ1v) is 17.4. The van der Waals surface area contributed by atoms with Crippen molar-refractivity contribution in [2.24, 2.45) is 0 Å². The van der Waals surface area contributed by atoms with Crippen molar-refractivity contribution < 1.29 is 0 Å². The van der Waals surface area contributed by atoms with E-state index in [2.05, 4.69) is 159 Å². The topological polar surface area (TPSA) is 0 Å². The maximum absolute atomic E-state index is 2.32. The van der Waals surface area contributed by atoms with E-state index in [1.54, 1.807) is 0 Å². The van der Waals surface area contributed by atoms with Gasteiger partial charge in [-0.05, 0) is 105 Å². The van der Waals surface area contributed by atoms with E-state index in [-0.39, 0.29) is 0 Å². The molecule has 0 unspecified atom stereocenters. The summed E-state index contributed by atoms with van der Waals surface area (Å²) in [4.78, 5) is 0. The SMILES string of the molecule is Cc1ccc2c(c1)sc1cc(C=Cc3ccc4c(ccc5cc(C=Cc6ccc7c(c6)sc6cc(C)ccc67)ccc54)c3)ccc12. The number of rotatable bonds is 4. The van der Waals surface area contributed by atoms with E-state index in [9.17, 15) is 0 Å². The van der Waals surface area contributed by atoms with E-state index in [1.807, 2.05) is 22.7 Å². The van der Waals surface area contributed by atoms with Crippen molar-refractivity contribution in [2.75, 3.05) is 0 Å². The Balaban J connectivity index is 0.974. The van der Waals surface area contributed by atoms with Gasteiger partial charge in [-0.2, -0.15) is 0 Å². The summed E-state index contributed by atoms with van der Waals surface area (Å²) in [6.45, 7) is 4.32. The van der Waals surface area contributed by atoms with Gasteiger partial charge in [-0.3, -0.25) is 0 Å². The quantitative estimate of drug-likeness (QED) is 0.135. The van der Waals surface area contributed by atoms with E-state index in [4.69, 9.17) is 0 Å². The molecule has 0 bridgehead atoms. The molecule has 0 N–H and O–H groups in total. The van der Waals surface area contributed by atoms with E-state index >= 15 is 0 Å². The Bertz CT molecular complexity index is 2520. The fourth-order valence-electron chi connectivity index (χ4n) is 6.71. The summed E-state index contributed by atoms with van der Waals surface area (Å²) in [5.41, 5.74) is 7.51. The normalized spacial score (nSPS) is 12.4. The summed E-state index contributed by atoms with van der Waals surface area (Å²) in [7, 11) is 0. The molecule has 0 atom stereocenters. The molecule has 0 amide bonds. The lowest BCUT2D eigenvalue weighted by Gasteiger charge is -2.06. The van der Waals surface area contributed by atoms with Crippen LogP contribution in [-0.4, -0.2) is 0 Å². The van der Waals surface area contributed by atoms with Gasteiger partial charge in [0.25, 0.3) is 0 Å². The van der Waals surface area contributed by atoms with Gasteiger partial charge in [-0.15, -0.1) is 22.7 Å². The first kappa shape index (κ1) is 27.3. The minimum atomic E-state index is 1.21. The van der Waals surface area contributed by atoms with Crippen molar-refractivity contribution in [3.8, 4) is 0 Å². The van der Waals surface area contributed by atoms with Gasteiger partial charge in [0.15, 0.2) is 0 Å². The third-order valence-electron chi connectivity index (χ3n) is 9.13. The van der Waals surface area contributed by atoms with Gasteiger partial charge in [0.2, 0.25) is 0 Å². The second-order valence-corrected chi connectivity index (χ2v) is 14.6. The lowest BCUT2D eigenvalue weighted by atomic mass is 9.98. The number of aryl methyl sites for hydroxylation is 2. The molecular weight excluding hydrogens is 593 g/mol. The molecule has 2 heteroatoms. The van der Waals surface area contributed by atoms with E-state index in [1.165, 1.54) is 95.3 Å². The predicted octanol–water partition coefficient (Wildman–Crippen LogP) is 13.7. The van der Waals surface area contributed by atoms with Crippen LogP contribution in [0.3, 0.4) is 0 Å². The molecule has 218 valence electrons. The Kier molecular flexibility index (Phi) is 6.41. The molecular formula is C44H30S2. The van der Waals surface area contributed by atoms with Crippen LogP contribution in [0.1, 0.15) is 33.4 Å². The molecule has 0 radical (unpaired) electrons. The summed E-state index contributed by atoms with van der Waals surface area (Å²) in [5, 5.41) is 10.5. The summed E-state index contributed by atoms with van der Waals surface area (Å²) in [5.74, 6) is 0. The van der Waals surface area contributed by atoms with Crippen LogP contribution in [0.15, 0.2) is 121 Å². The lowest BCUT2D eigenvalue weighted by molar-refractivity contribution is 1.52. The standard InChI is InChI=1S/C44H30S2/c1-27-3-15-37-39-19-11-31(25-43(39)45-41(37)21-27)7-5-29-9-17-35-33(23-29)13-14-34-24-30(10-18-36(34)35)6-8-32-12-20-40-38-16-4-28(2)22-42(38)46-44(40)26-32/h3-26H,1-2H3. The molecule has 0 saturated carbocycles. The second kappa shape index (κ2) is 10.8. The van der Waals surface area contributed by atoms with Crippen LogP contribution >= 0.6 is 22.7 Å². The largest absolute Gasteiger partial charge is 0.135 e. The van der Waals surface area contributed by atoms with Crippen molar-refractivity contribution in [3.63, 3.8) is 0 Å². The van der Waals surface area contributed by atoms with Gasteiger partial charge in [-0.1, -0.05) is 109 Å². The molecule has 7 aromatic carbocycles. The minimum Gasteiger partial charge on any atom is -0.135 e. The maximum atomic E-state index is 2.32. The molecule has 0 nitrogen and oxygen atoms in total. The van der Waals surface area contributed by atoms with Crippen LogP contribution in [0.4, 0.5) is 0 Å². The molecule has 0 saturated heterocycles. The Morgan fingerprint density at radius 1 is 0.326 bits per heavy atom. The van der Waals surface area contributed by atoms with Gasteiger partial charge >= 0.3 is 0 Å². The number of hydrogen-bond donors (Lipinski definition) is 0. The highest BCUT2D eigenvalue weighted by Gasteiger charge is 2.07. The number of hydrogen-bond acceptors (Lipinski definition) is 2.